The van der Waals surface area contributed by atoms with Gasteiger partial charge in [0.1, 0.15) is 11.6 Å². The van der Waals surface area contributed by atoms with Crippen molar-refractivity contribution < 1.29 is 16.8 Å². The lowest BCUT2D eigenvalue weighted by atomic mass is 9.97. The Hall–Kier alpha value is -4.55. The molecule has 8 rings (SSSR count). The molecule has 63 heavy (non-hydrogen) atoms. The zero-order valence-corrected chi connectivity index (χ0v) is 39.5. The van der Waals surface area contributed by atoms with E-state index in [0.717, 1.165) is 59.6 Å². The molecule has 0 amide bonds. The van der Waals surface area contributed by atoms with Crippen LogP contribution in [-0.4, -0.2) is 97.1 Å². The van der Waals surface area contributed by atoms with Gasteiger partial charge in [0.25, 0.3) is 9.05 Å². The van der Waals surface area contributed by atoms with E-state index in [0.29, 0.717) is 30.3 Å². The van der Waals surface area contributed by atoms with Crippen LogP contribution in [0.3, 0.4) is 0 Å². The normalized spacial score (nSPS) is 14.7. The lowest BCUT2D eigenvalue weighted by molar-refractivity contribution is 0.314. The molecule has 0 saturated carbocycles. The Morgan fingerprint density at radius 1 is 0.730 bits per heavy atom. The Bertz CT molecular complexity index is 2540. The van der Waals surface area contributed by atoms with E-state index in [-0.39, 0.29) is 21.0 Å². The predicted octanol–water partition coefficient (Wildman–Crippen LogP) is 9.97. The molecule has 4 aromatic carbocycles. The molecule has 4 heterocycles. The molecule has 2 aliphatic rings. The van der Waals surface area contributed by atoms with Gasteiger partial charge in [-0.05, 0) is 107 Å². The van der Waals surface area contributed by atoms with Crippen molar-refractivity contribution in [1.82, 2.24) is 34.5 Å². The number of imidazole rings is 2. The van der Waals surface area contributed by atoms with E-state index < -0.39 is 19.1 Å². The van der Waals surface area contributed by atoms with Crippen molar-refractivity contribution in [2.75, 3.05) is 51.2 Å². The van der Waals surface area contributed by atoms with Gasteiger partial charge >= 0.3 is 0 Å². The number of sulfonamides is 1. The van der Waals surface area contributed by atoms with Crippen molar-refractivity contribution in [2.24, 2.45) is 0 Å². The van der Waals surface area contributed by atoms with E-state index in [1.807, 2.05) is 42.5 Å². The van der Waals surface area contributed by atoms with Gasteiger partial charge in [-0.1, -0.05) is 69.3 Å². The van der Waals surface area contributed by atoms with Gasteiger partial charge in [0.2, 0.25) is 10.0 Å². The fourth-order valence-corrected chi connectivity index (χ4v) is 9.24. The van der Waals surface area contributed by atoms with Gasteiger partial charge in [-0.25, -0.2) is 31.6 Å². The van der Waals surface area contributed by atoms with E-state index in [1.54, 1.807) is 0 Å². The number of nitriles is 1. The molecule has 13 nitrogen and oxygen atoms in total. The molecule has 18 heteroatoms. The number of hydrogen-bond donors (Lipinski definition) is 3. The number of piperidine rings is 2. The number of halogens is 3. The van der Waals surface area contributed by atoms with Gasteiger partial charge in [0, 0.05) is 35.6 Å². The fourth-order valence-electron chi connectivity index (χ4n) is 7.00. The Kier molecular flexibility index (Phi) is 20.8. The van der Waals surface area contributed by atoms with Crippen LogP contribution in [-0.2, 0) is 19.1 Å². The highest BCUT2D eigenvalue weighted by Crippen LogP contribution is 2.31. The number of H-pyrrole nitrogens is 2. The van der Waals surface area contributed by atoms with Gasteiger partial charge in [0.15, 0.2) is 5.69 Å². The van der Waals surface area contributed by atoms with Crippen molar-refractivity contribution in [1.29, 1.82) is 5.26 Å². The van der Waals surface area contributed by atoms with Crippen LogP contribution < -0.4 is 5.32 Å². The summed E-state index contributed by atoms with van der Waals surface area (Å²) in [5.74, 6) is 2.94. The summed E-state index contributed by atoms with van der Waals surface area (Å²) >= 11 is 9.53. The molecule has 0 bridgehead atoms. The second-order valence-corrected chi connectivity index (χ2v) is 19.7. The number of nitrogens with one attached hydrogen (secondary N) is 3. The third-order valence-corrected chi connectivity index (χ3v) is 13.9. The second-order valence-electron chi connectivity index (χ2n) is 14.4. The molecule has 3 N–H and O–H groups in total. The van der Waals surface area contributed by atoms with Crippen LogP contribution in [0, 0.1) is 17.9 Å². The van der Waals surface area contributed by atoms with Crippen molar-refractivity contribution in [3.63, 3.8) is 0 Å². The molecule has 0 atom stereocenters. The van der Waals surface area contributed by atoms with Crippen LogP contribution in [0.2, 0.25) is 0 Å². The van der Waals surface area contributed by atoms with Gasteiger partial charge < -0.3 is 20.2 Å². The number of nitrogens with zero attached hydrogens (tertiary/aromatic N) is 6. The quantitative estimate of drug-likeness (QED) is 0.0763. The molecule has 6 aromatic rings. The average Bonchev–Trinajstić information content (AvgIpc) is 3.96. The van der Waals surface area contributed by atoms with Crippen molar-refractivity contribution in [2.45, 2.75) is 68.1 Å². The Labute approximate surface area is 386 Å². The van der Waals surface area contributed by atoms with E-state index in [9.17, 15) is 16.8 Å². The summed E-state index contributed by atoms with van der Waals surface area (Å²) in [7, 11) is -2.13. The van der Waals surface area contributed by atoms with Crippen LogP contribution >= 0.6 is 33.9 Å². The van der Waals surface area contributed by atoms with E-state index in [1.165, 1.54) is 85.3 Å². The highest BCUT2D eigenvalue weighted by atomic mass is 35.7. The molecule has 336 valence electrons. The molecule has 2 saturated heterocycles. The maximum atomic E-state index is 12.8. The number of aromatic nitrogens is 4. The number of benzene rings is 4. The average molecular weight is 955 g/mol. The summed E-state index contributed by atoms with van der Waals surface area (Å²) < 4.78 is 48.5. The summed E-state index contributed by atoms with van der Waals surface area (Å²) in [6, 6.07) is 29.6. The van der Waals surface area contributed by atoms with E-state index in [4.69, 9.17) is 45.7 Å². The fraction of sp³-hybridized carbons (Fsp3) is 0.378. The minimum atomic E-state index is -3.66. The van der Waals surface area contributed by atoms with Crippen LogP contribution in [0.15, 0.2) is 107 Å². The number of fused-ring (bicyclic) bond motifs is 2. The third-order valence-electron chi connectivity index (χ3n) is 10.6. The topological polar surface area (TPSA) is 172 Å². The van der Waals surface area contributed by atoms with Crippen LogP contribution in [0.1, 0.15) is 75.5 Å². The number of para-hydroxylation sites is 4. The van der Waals surface area contributed by atoms with Crippen molar-refractivity contribution in [3.8, 4) is 6.07 Å². The standard InChI is InChI=1S/C19H18N4O2S.C12H15N3.C7H4ClNO2S.C6H15N.CH2Cl2/c20-13-14-5-7-16(8-6-14)26(24,25)23-11-9-15(10-12-23)19-21-17-3-1-2-4-18(17)22-19;1-2-4-11-10(3-1)14-12(15-11)9-5-7-13-8-6-9;1-9-6-2-4-7(5-3-6)12(8,10)11;1-4-7(5-2)6-3;2-1-3/h1-8,15H,9-12H2,(H,21,22);1-4,9,13H,5-8H2,(H,14,15);2-5H;4-6H2,1-3H3;1H2. The third kappa shape index (κ3) is 15.3. The summed E-state index contributed by atoms with van der Waals surface area (Å²) in [4.78, 5) is 21.8. The van der Waals surface area contributed by atoms with Gasteiger partial charge in [-0.3, -0.25) is 0 Å². The molecule has 0 unspecified atom stereocenters. The molecule has 2 fully saturated rings. The van der Waals surface area contributed by atoms with E-state index in [2.05, 4.69) is 67.9 Å². The molecular formula is C45H54Cl3N9O4S2. The first kappa shape index (κ1) is 51.1. The summed E-state index contributed by atoms with van der Waals surface area (Å²) in [6.45, 7) is 19.9. The number of alkyl halides is 2. The van der Waals surface area contributed by atoms with E-state index >= 15 is 0 Å². The van der Waals surface area contributed by atoms with Gasteiger partial charge in [-0.15, -0.1) is 23.2 Å². The van der Waals surface area contributed by atoms with Gasteiger partial charge in [-0.2, -0.15) is 9.57 Å². The zero-order valence-electron chi connectivity index (χ0n) is 35.6. The Morgan fingerprint density at radius 3 is 1.57 bits per heavy atom. The molecule has 0 spiro atoms. The minimum Gasteiger partial charge on any atom is -0.342 e. The predicted molar refractivity (Wildman–Crippen MR) is 255 cm³/mol. The number of hydrogen-bond acceptors (Lipinski definition) is 9. The molecular weight excluding hydrogens is 901 g/mol. The Morgan fingerprint density at radius 2 is 1.17 bits per heavy atom. The first-order chi connectivity index (χ1) is 30.3. The highest BCUT2D eigenvalue weighted by molar-refractivity contribution is 8.13. The monoisotopic (exact) mass is 953 g/mol. The molecule has 0 radical (unpaired) electrons. The lowest BCUT2D eigenvalue weighted by Gasteiger charge is -2.30. The van der Waals surface area contributed by atoms with Gasteiger partial charge in [0.05, 0.1) is 55.4 Å². The lowest BCUT2D eigenvalue weighted by Crippen LogP contribution is -2.38. The SMILES string of the molecule is CCN(CC)CC.ClCCl.N#Cc1ccc(S(=O)(=O)N2CCC(c3nc4ccccc4[nH]3)CC2)cc1.[C-]#[N+]c1ccc(S(=O)(=O)Cl)cc1.c1ccc2[nH]c(C3CCNCC3)nc2c1. The van der Waals surface area contributed by atoms with Crippen LogP contribution in [0.5, 0.6) is 0 Å². The van der Waals surface area contributed by atoms with Crippen molar-refractivity contribution >= 4 is 80.7 Å². The minimum absolute atomic E-state index is 0.0107. The summed E-state index contributed by atoms with van der Waals surface area (Å²) in [5.41, 5.74) is 5.04. The molecule has 2 aromatic heterocycles. The van der Waals surface area contributed by atoms with Crippen molar-refractivity contribution in [3.05, 3.63) is 126 Å². The molecule has 2 aliphatic heterocycles. The Balaban J connectivity index is 0.000000200. The smallest absolute Gasteiger partial charge is 0.261 e. The highest BCUT2D eigenvalue weighted by Gasteiger charge is 2.31. The largest absolute Gasteiger partial charge is 0.342 e. The van der Waals surface area contributed by atoms with Crippen LogP contribution in [0.4, 0.5) is 5.69 Å². The summed E-state index contributed by atoms with van der Waals surface area (Å²) in [5, 5.41) is 12.4. The summed E-state index contributed by atoms with van der Waals surface area (Å²) in [6.07, 6.45) is 3.85. The maximum absolute atomic E-state index is 12.8. The maximum Gasteiger partial charge on any atom is 0.261 e. The first-order valence-corrected chi connectivity index (χ1v) is 25.5. The zero-order chi connectivity index (χ0) is 45.8. The molecule has 0 aliphatic carbocycles. The second kappa shape index (κ2) is 25.7. The van der Waals surface area contributed by atoms with Crippen LogP contribution in [0.25, 0.3) is 26.9 Å². The number of rotatable bonds is 8. The number of aromatic amines is 2. The first-order valence-electron chi connectivity index (χ1n) is 20.7.